The number of piperazine rings is 1. The lowest BCUT2D eigenvalue weighted by Gasteiger charge is -2.37. The van der Waals surface area contributed by atoms with Crippen molar-refractivity contribution in [1.82, 2.24) is 9.80 Å². The lowest BCUT2D eigenvalue weighted by Crippen LogP contribution is -2.47. The van der Waals surface area contributed by atoms with E-state index in [9.17, 15) is 18.0 Å². The van der Waals surface area contributed by atoms with Gasteiger partial charge in [0.2, 0.25) is 0 Å². The fourth-order valence-electron chi connectivity index (χ4n) is 4.04. The van der Waals surface area contributed by atoms with Crippen molar-refractivity contribution in [1.29, 1.82) is 0 Å². The Hall–Kier alpha value is -1.60. The zero-order chi connectivity index (χ0) is 19.3. The lowest BCUT2D eigenvalue weighted by molar-refractivity contribution is -0.137. The van der Waals surface area contributed by atoms with E-state index in [-0.39, 0.29) is 0 Å². The minimum Gasteiger partial charge on any atom is -0.369 e. The van der Waals surface area contributed by atoms with E-state index >= 15 is 0 Å². The molecule has 0 atom stereocenters. The van der Waals surface area contributed by atoms with E-state index in [1.165, 1.54) is 18.6 Å². The first kappa shape index (κ1) is 20.1. The van der Waals surface area contributed by atoms with Crippen LogP contribution in [0.2, 0.25) is 0 Å². The van der Waals surface area contributed by atoms with Crippen molar-refractivity contribution in [2.45, 2.75) is 25.4 Å². The molecule has 3 rings (SSSR count). The SMILES string of the molecule is O=CCN1CCC(CCN2CCN(c3cccc(C(F)(F)F)c3)CC2)CC1. The van der Waals surface area contributed by atoms with Crippen molar-refractivity contribution in [3.05, 3.63) is 29.8 Å². The predicted molar refractivity (Wildman–Crippen MR) is 99.9 cm³/mol. The summed E-state index contributed by atoms with van der Waals surface area (Å²) in [6.07, 6.45) is 0.151. The molecule has 2 saturated heterocycles. The van der Waals surface area contributed by atoms with Gasteiger partial charge in [0.15, 0.2) is 0 Å². The molecule has 27 heavy (non-hydrogen) atoms. The average Bonchev–Trinajstić information content (AvgIpc) is 2.68. The van der Waals surface area contributed by atoms with Crippen LogP contribution in [0.4, 0.5) is 18.9 Å². The zero-order valence-electron chi connectivity index (χ0n) is 15.6. The summed E-state index contributed by atoms with van der Waals surface area (Å²) in [5.41, 5.74) is 0.0791. The Morgan fingerprint density at radius 3 is 2.33 bits per heavy atom. The van der Waals surface area contributed by atoms with E-state index in [0.717, 1.165) is 76.9 Å². The molecule has 0 saturated carbocycles. The summed E-state index contributed by atoms with van der Waals surface area (Å²) in [5, 5.41) is 0. The second-order valence-electron chi connectivity index (χ2n) is 7.58. The third kappa shape index (κ3) is 5.69. The highest BCUT2D eigenvalue weighted by atomic mass is 19.4. The van der Waals surface area contributed by atoms with Gasteiger partial charge in [-0.25, -0.2) is 0 Å². The molecule has 1 aromatic rings. The summed E-state index contributed by atoms with van der Waals surface area (Å²) in [6, 6.07) is 5.63. The van der Waals surface area contributed by atoms with Crippen LogP contribution in [0.15, 0.2) is 24.3 Å². The van der Waals surface area contributed by atoms with E-state index in [4.69, 9.17) is 0 Å². The van der Waals surface area contributed by atoms with Crippen molar-refractivity contribution in [2.24, 2.45) is 5.92 Å². The molecule has 2 aliphatic heterocycles. The van der Waals surface area contributed by atoms with Gasteiger partial charge in [-0.1, -0.05) is 6.07 Å². The van der Waals surface area contributed by atoms with Crippen LogP contribution in [0.25, 0.3) is 0 Å². The van der Waals surface area contributed by atoms with Crippen LogP contribution in [0, 0.1) is 5.92 Å². The molecule has 0 bridgehead atoms. The van der Waals surface area contributed by atoms with Gasteiger partial charge in [0.05, 0.1) is 12.1 Å². The number of carbonyl (C=O) groups is 1. The fourth-order valence-corrected chi connectivity index (χ4v) is 4.04. The van der Waals surface area contributed by atoms with Gasteiger partial charge in [-0.3, -0.25) is 9.80 Å². The number of hydrogen-bond acceptors (Lipinski definition) is 4. The van der Waals surface area contributed by atoms with Gasteiger partial charge in [-0.15, -0.1) is 0 Å². The molecule has 0 spiro atoms. The van der Waals surface area contributed by atoms with Gasteiger partial charge < -0.3 is 9.69 Å². The smallest absolute Gasteiger partial charge is 0.369 e. The number of carbonyl (C=O) groups excluding carboxylic acids is 1. The summed E-state index contributed by atoms with van der Waals surface area (Å²) in [7, 11) is 0. The zero-order valence-corrected chi connectivity index (χ0v) is 15.6. The first-order valence-corrected chi connectivity index (χ1v) is 9.76. The maximum absolute atomic E-state index is 12.9. The molecule has 0 radical (unpaired) electrons. The number of benzene rings is 1. The third-order valence-corrected chi connectivity index (χ3v) is 5.80. The van der Waals surface area contributed by atoms with Gasteiger partial charge in [-0.2, -0.15) is 13.2 Å². The van der Waals surface area contributed by atoms with Gasteiger partial charge in [-0.05, 0) is 63.0 Å². The summed E-state index contributed by atoms with van der Waals surface area (Å²) in [5.74, 6) is 0.717. The Kier molecular flexibility index (Phi) is 6.76. The number of aldehydes is 1. The van der Waals surface area contributed by atoms with Crippen LogP contribution in [-0.4, -0.2) is 68.4 Å². The number of rotatable bonds is 6. The van der Waals surface area contributed by atoms with Crippen molar-refractivity contribution in [2.75, 3.05) is 57.3 Å². The van der Waals surface area contributed by atoms with Gasteiger partial charge in [0, 0.05) is 31.9 Å². The molecule has 0 aromatic heterocycles. The van der Waals surface area contributed by atoms with Crippen LogP contribution in [0.3, 0.4) is 0 Å². The molecule has 0 unspecified atom stereocenters. The molecule has 0 amide bonds. The molecule has 2 fully saturated rings. The molecular weight excluding hydrogens is 355 g/mol. The Bertz CT molecular complexity index is 607. The summed E-state index contributed by atoms with van der Waals surface area (Å²) in [6.45, 7) is 6.91. The van der Waals surface area contributed by atoms with E-state index < -0.39 is 11.7 Å². The molecule has 2 aliphatic rings. The molecule has 0 N–H and O–H groups in total. The number of anilines is 1. The lowest BCUT2D eigenvalue weighted by atomic mass is 9.93. The van der Waals surface area contributed by atoms with E-state index in [2.05, 4.69) is 9.80 Å². The Morgan fingerprint density at radius 2 is 1.70 bits per heavy atom. The van der Waals surface area contributed by atoms with Crippen molar-refractivity contribution in [3.8, 4) is 0 Å². The molecule has 4 nitrogen and oxygen atoms in total. The first-order valence-electron chi connectivity index (χ1n) is 9.76. The van der Waals surface area contributed by atoms with Crippen molar-refractivity contribution >= 4 is 12.0 Å². The van der Waals surface area contributed by atoms with E-state index in [0.29, 0.717) is 12.2 Å². The highest BCUT2D eigenvalue weighted by Gasteiger charge is 2.31. The van der Waals surface area contributed by atoms with Crippen LogP contribution in [-0.2, 0) is 11.0 Å². The van der Waals surface area contributed by atoms with Crippen molar-refractivity contribution in [3.63, 3.8) is 0 Å². The number of piperidine rings is 1. The minimum atomic E-state index is -4.29. The van der Waals surface area contributed by atoms with Gasteiger partial charge in [0.1, 0.15) is 6.29 Å². The normalized spacial score (nSPS) is 20.8. The van der Waals surface area contributed by atoms with E-state index in [1.807, 2.05) is 4.90 Å². The largest absolute Gasteiger partial charge is 0.416 e. The number of alkyl halides is 3. The Labute approximate surface area is 158 Å². The average molecular weight is 383 g/mol. The standard InChI is InChI=1S/C20H28F3N3O/c21-20(22,23)18-2-1-3-19(16-18)26-12-10-25(11-13-26)9-6-17-4-7-24(8-5-17)14-15-27/h1-3,15-17H,4-14H2. The Balaban J connectivity index is 1.41. The summed E-state index contributed by atoms with van der Waals surface area (Å²) < 4.78 is 38.7. The maximum Gasteiger partial charge on any atom is 0.416 e. The molecule has 7 heteroatoms. The summed E-state index contributed by atoms with van der Waals surface area (Å²) in [4.78, 5) is 17.2. The highest BCUT2D eigenvalue weighted by Crippen LogP contribution is 2.32. The Morgan fingerprint density at radius 1 is 1.00 bits per heavy atom. The quantitative estimate of drug-likeness (QED) is 0.706. The molecular formula is C20H28F3N3O. The molecule has 150 valence electrons. The molecule has 2 heterocycles. The van der Waals surface area contributed by atoms with Crippen molar-refractivity contribution < 1.29 is 18.0 Å². The number of nitrogens with zero attached hydrogens (tertiary/aromatic N) is 3. The molecule has 0 aliphatic carbocycles. The number of hydrogen-bond donors (Lipinski definition) is 0. The number of likely N-dealkylation sites (tertiary alicyclic amines) is 1. The monoisotopic (exact) mass is 383 g/mol. The molecule has 1 aromatic carbocycles. The summed E-state index contributed by atoms with van der Waals surface area (Å²) >= 11 is 0. The van der Waals surface area contributed by atoms with Crippen LogP contribution in [0.1, 0.15) is 24.8 Å². The highest BCUT2D eigenvalue weighted by molar-refractivity contribution is 5.52. The van der Waals surface area contributed by atoms with Gasteiger partial charge >= 0.3 is 6.18 Å². The fraction of sp³-hybridized carbons (Fsp3) is 0.650. The number of halogens is 3. The first-order chi connectivity index (χ1) is 13.0. The van der Waals surface area contributed by atoms with E-state index in [1.54, 1.807) is 6.07 Å². The van der Waals surface area contributed by atoms with Crippen LogP contribution in [0.5, 0.6) is 0 Å². The predicted octanol–water partition coefficient (Wildman–Crippen LogP) is 3.13. The van der Waals surface area contributed by atoms with Gasteiger partial charge in [0.25, 0.3) is 0 Å². The topological polar surface area (TPSA) is 26.8 Å². The maximum atomic E-state index is 12.9. The third-order valence-electron chi connectivity index (χ3n) is 5.80. The minimum absolute atomic E-state index is 0.546. The second kappa shape index (κ2) is 9.06. The second-order valence-corrected chi connectivity index (χ2v) is 7.58. The van der Waals surface area contributed by atoms with Crippen LogP contribution < -0.4 is 4.90 Å². The van der Waals surface area contributed by atoms with Crippen LogP contribution >= 0.6 is 0 Å².